The minimum Gasteiger partial charge on any atom is -0.428 e. The van der Waals surface area contributed by atoms with Crippen LogP contribution in [0.2, 0.25) is 0 Å². The number of fused-ring (bicyclic) bond motifs is 8. The monoisotopic (exact) mass is 2060 g/mol. The third kappa shape index (κ3) is 36.9. The molecule has 0 saturated heterocycles. The van der Waals surface area contributed by atoms with Gasteiger partial charge in [0.05, 0.1) is 0 Å². The van der Waals surface area contributed by atoms with Crippen molar-refractivity contribution >= 4 is 73.9 Å². The van der Waals surface area contributed by atoms with Gasteiger partial charge in [0.15, 0.2) is 0 Å². The molecule has 800 valence electrons. The lowest BCUT2D eigenvalue weighted by Crippen LogP contribution is -2.28. The number of ether oxygens (including phenoxy) is 24. The molecule has 36 nitrogen and oxygen atoms in total. The van der Waals surface area contributed by atoms with Gasteiger partial charge in [-0.2, -0.15) is 0 Å². The molecule has 1 aliphatic rings. The minimum absolute atomic E-state index is 0.0183. The average Bonchev–Trinajstić information content (AvgIpc) is 0.723. The Morgan fingerprint density at radius 2 is 0.236 bits per heavy atom. The van der Waals surface area contributed by atoms with Gasteiger partial charge in [0, 0.05) is 92.4 Å². The highest BCUT2D eigenvalue weighted by molar-refractivity contribution is 5.80. The molecule has 0 unspecified atom stereocenters. The van der Waals surface area contributed by atoms with Gasteiger partial charge in [-0.25, -0.2) is 57.5 Å². The van der Waals surface area contributed by atoms with E-state index in [1.165, 1.54) is 287 Å². The van der Waals surface area contributed by atoms with Gasteiger partial charge in [0.25, 0.3) is 0 Å². The van der Waals surface area contributed by atoms with E-state index >= 15 is 38.4 Å². The molecule has 0 radical (unpaired) electrons. The summed E-state index contributed by atoms with van der Waals surface area (Å²) >= 11 is 0. The van der Waals surface area contributed by atoms with Gasteiger partial charge in [0.2, 0.25) is 0 Å². The number of carbonyl (C=O) groups is 12. The van der Waals surface area contributed by atoms with E-state index in [2.05, 4.69) is 0 Å². The molecule has 0 aliphatic heterocycles. The highest BCUT2D eigenvalue weighted by atomic mass is 16.8. The molecule has 36 heteroatoms. The molecule has 0 amide bonds. The fourth-order valence-electron chi connectivity index (χ4n) is 14.3. The smallest absolute Gasteiger partial charge is 0.428 e. The number of hydrogen-bond acceptors (Lipinski definition) is 36. The number of rotatable bonds is 16. The zero-order valence-electron chi connectivity index (χ0n) is 90.9. The molecule has 0 spiro atoms. The topological polar surface area (TPSA) is 426 Å². The second-order valence-corrected chi connectivity index (χ2v) is 46.5. The van der Waals surface area contributed by atoms with Gasteiger partial charge in [-0.15, -0.1) is 0 Å². The van der Waals surface area contributed by atoms with Gasteiger partial charge in [0.1, 0.15) is 136 Å². The first-order valence-corrected chi connectivity index (χ1v) is 47.6. The van der Waals surface area contributed by atoms with Crippen LogP contribution in [0, 0.1) is 0 Å². The molecule has 1 aliphatic carbocycles. The summed E-state index contributed by atoms with van der Waals surface area (Å²) in [5.41, 5.74) is -17.8. The summed E-state index contributed by atoms with van der Waals surface area (Å²) in [6, 6.07) is 32.2. The molecular formula is C112H136O36. The van der Waals surface area contributed by atoms with Crippen LogP contribution in [0.3, 0.4) is 0 Å². The van der Waals surface area contributed by atoms with Crippen LogP contribution in [-0.2, 0) is 56.8 Å². The summed E-state index contributed by atoms with van der Waals surface area (Å²) in [6.07, 6.45) is -16.1. The zero-order valence-corrected chi connectivity index (χ0v) is 90.9. The van der Waals surface area contributed by atoms with Gasteiger partial charge in [-0.3, -0.25) is 0 Å². The molecule has 148 heavy (non-hydrogen) atoms. The Morgan fingerprint density at radius 1 is 0.142 bits per heavy atom. The second kappa shape index (κ2) is 44.7. The maximum atomic E-state index is 15.5. The Morgan fingerprint density at radius 3 is 0.331 bits per heavy atom. The Balaban J connectivity index is 1.80. The third-order valence-electron chi connectivity index (χ3n) is 18.9. The molecule has 0 atom stereocenters. The normalized spacial score (nSPS) is 14.7. The molecule has 0 saturated carbocycles. The van der Waals surface area contributed by atoms with Crippen molar-refractivity contribution in [3.63, 3.8) is 0 Å². The fraction of sp³-hybridized carbons (Fsp3) is 0.464. The van der Waals surface area contributed by atoms with Crippen molar-refractivity contribution in [2.24, 2.45) is 0 Å². The first kappa shape index (κ1) is 117. The third-order valence-corrected chi connectivity index (χ3v) is 18.9. The molecule has 0 aromatic heterocycles. The SMILES string of the molecule is CC(C)(C)OC(=O)Oc1ccc(C2c3cc(c(OC(=O)OC(C)(C)C)cc3OC(=O)OC(C)(C)C)C(c3ccc(OC(=O)OC(C)(C)C)cc3)c3cc(c(OC(=O)OC(C)(C)C)cc3OC(=O)OC(C)(C)C)C(c3ccc(OC(=O)OC(C)(C)C)cc3)c3cc(c(OC(=O)OC(C)(C)C)cc3OC(=O)OC(C)(C)C)C(c3ccc(OC(=O)OC(C)(C)C)cc3)c3cc2c(OC(=O)OC(C)(C)C)cc3OC(=O)OC(C)(C)C)cc1. The molecule has 0 fully saturated rings. The first-order valence-electron chi connectivity index (χ1n) is 47.6. The van der Waals surface area contributed by atoms with Crippen molar-refractivity contribution < 1.29 is 171 Å². The predicted octanol–water partition coefficient (Wildman–Crippen LogP) is 28.5. The quantitative estimate of drug-likeness (QED) is 0.0492. The molecule has 9 rings (SSSR count). The van der Waals surface area contributed by atoms with Crippen molar-refractivity contribution in [1.82, 2.24) is 0 Å². The van der Waals surface area contributed by atoms with Crippen LogP contribution in [0.25, 0.3) is 0 Å². The van der Waals surface area contributed by atoms with Crippen molar-refractivity contribution in [2.75, 3.05) is 0 Å². The molecule has 8 aromatic carbocycles. The Hall–Kier alpha value is -15.0. The molecular weight excluding hydrogens is 1920 g/mol. The van der Waals surface area contributed by atoms with E-state index < -0.39 is 211 Å². The Labute approximate surface area is 862 Å². The fourth-order valence-corrected chi connectivity index (χ4v) is 14.3. The van der Waals surface area contributed by atoms with Crippen molar-refractivity contribution in [3.8, 4) is 69.0 Å². The molecule has 8 bridgehead atoms. The van der Waals surface area contributed by atoms with Crippen LogP contribution < -0.4 is 56.8 Å². The highest BCUT2D eigenvalue weighted by Gasteiger charge is 2.43. The van der Waals surface area contributed by atoms with E-state index in [9.17, 15) is 19.2 Å². The predicted molar refractivity (Wildman–Crippen MR) is 538 cm³/mol. The maximum Gasteiger partial charge on any atom is 0.514 e. The average molecular weight is 2060 g/mol. The van der Waals surface area contributed by atoms with E-state index in [0.717, 1.165) is 24.3 Å². The van der Waals surface area contributed by atoms with Crippen molar-refractivity contribution in [1.29, 1.82) is 0 Å². The number of carbonyl (C=O) groups excluding carboxylic acids is 12. The lowest BCUT2D eigenvalue weighted by atomic mass is 9.75. The van der Waals surface area contributed by atoms with Crippen LogP contribution in [0.1, 0.15) is 340 Å². The Bertz CT molecular complexity index is 5250. The summed E-state index contributed by atoms with van der Waals surface area (Å²) < 4.78 is 147. The standard InChI is InChI=1S/C112H136O36/c1-101(2,3)137-89(113)125-65-45-37-61(38-46-65)85-69-53-71(79(131-95(119)143-107(19,20)21)57-77(69)129-93(117)141-105(13,14)15)86(62-39-47-66(48-40-62)126-90(114)138-102(4,5)6)73-55-75(83(135-99(123)147-111(31,32)33)59-81(73)133-97(121)145-109(25,26)27)88(64-43-51-68(52-44-64)128-92(116)140-104(10,11)12)76-56-74(82(134-98(122)146-110(28,29)30)60-84(76)136-100(124)148-112(34,35)36)87(63-41-49-67(50-42-63)127-91(115)139-103(7,8)9)72-54-70(85)78(130-94(118)142-106(16,17)18)58-80(72)132-96(120)144-108(22,23)24/h37-60,85-88H,1-36H3. The summed E-state index contributed by atoms with van der Waals surface area (Å²) in [7, 11) is 0. The number of benzene rings is 8. The van der Waals surface area contributed by atoms with Gasteiger partial charge >= 0.3 is 73.9 Å². The summed E-state index contributed by atoms with van der Waals surface area (Å²) in [6.45, 7) is 56.1. The van der Waals surface area contributed by atoms with Crippen LogP contribution in [0.5, 0.6) is 69.0 Å². The lowest BCUT2D eigenvalue weighted by Gasteiger charge is -2.32. The highest BCUT2D eigenvalue weighted by Crippen LogP contribution is 2.57. The number of hydrogen-bond donors (Lipinski definition) is 0. The first-order chi connectivity index (χ1) is 67.6. The largest absolute Gasteiger partial charge is 0.514 e. The van der Waals surface area contributed by atoms with E-state index in [4.69, 9.17) is 114 Å². The second-order valence-electron chi connectivity index (χ2n) is 46.5. The van der Waals surface area contributed by atoms with Crippen LogP contribution in [0.4, 0.5) is 57.5 Å². The minimum atomic E-state index is -1.86. The van der Waals surface area contributed by atoms with Gasteiger partial charge in [-0.05, 0) is 344 Å². The van der Waals surface area contributed by atoms with E-state index in [1.54, 1.807) is 83.1 Å². The van der Waals surface area contributed by atoms with Crippen molar-refractivity contribution in [2.45, 2.75) is 340 Å². The molecule has 0 heterocycles. The lowest BCUT2D eigenvalue weighted by molar-refractivity contribution is 0.0175. The van der Waals surface area contributed by atoms with Crippen LogP contribution >= 0.6 is 0 Å². The summed E-state index contributed by atoms with van der Waals surface area (Å²) in [5.74, 6) is -12.9. The maximum absolute atomic E-state index is 15.5. The molecule has 8 aromatic rings. The molecule has 0 N–H and O–H groups in total. The zero-order chi connectivity index (χ0) is 111. The van der Waals surface area contributed by atoms with Gasteiger partial charge < -0.3 is 114 Å². The van der Waals surface area contributed by atoms with E-state index in [1.807, 2.05) is 0 Å². The van der Waals surface area contributed by atoms with Crippen molar-refractivity contribution in [3.05, 3.63) is 212 Å². The Kier molecular flexibility index (Phi) is 35.2. The van der Waals surface area contributed by atoms with Crippen LogP contribution in [0.15, 0.2) is 146 Å². The van der Waals surface area contributed by atoms with E-state index in [-0.39, 0.29) is 89.8 Å². The van der Waals surface area contributed by atoms with Gasteiger partial charge in [-0.1, -0.05) is 48.5 Å². The van der Waals surface area contributed by atoms with E-state index in [0.29, 0.717) is 0 Å². The van der Waals surface area contributed by atoms with Crippen LogP contribution in [-0.4, -0.2) is 141 Å². The summed E-state index contributed by atoms with van der Waals surface area (Å²) in [4.78, 5) is 179. The summed E-state index contributed by atoms with van der Waals surface area (Å²) in [5, 5.41) is 0.